The number of fused-ring (bicyclic) bond motifs is 1. The Balaban J connectivity index is 1.49. The second-order valence-electron chi connectivity index (χ2n) is 8.09. The van der Waals surface area contributed by atoms with Gasteiger partial charge in [0.2, 0.25) is 0 Å². The van der Waals surface area contributed by atoms with Gasteiger partial charge in [-0.3, -0.25) is 4.79 Å². The van der Waals surface area contributed by atoms with Crippen molar-refractivity contribution in [1.82, 2.24) is 24.5 Å². The van der Waals surface area contributed by atoms with Crippen LogP contribution in [0, 0.1) is 13.8 Å². The molecule has 2 aliphatic rings. The van der Waals surface area contributed by atoms with Gasteiger partial charge in [-0.1, -0.05) is 0 Å². The fraction of sp³-hybridized carbons (Fsp3) is 0.524. The summed E-state index contributed by atoms with van der Waals surface area (Å²) in [7, 11) is 0. The van der Waals surface area contributed by atoms with Crippen molar-refractivity contribution >= 4 is 28.7 Å². The van der Waals surface area contributed by atoms with E-state index in [-0.39, 0.29) is 11.9 Å². The number of rotatable bonds is 3. The van der Waals surface area contributed by atoms with Crippen LogP contribution in [0.5, 0.6) is 0 Å². The molecular weight excluding hydrogens is 384 g/mol. The molecule has 0 aromatic carbocycles. The maximum absolute atomic E-state index is 13.2. The number of anilines is 1. The third-order valence-electron chi connectivity index (χ3n) is 6.07. The molecule has 7 nitrogen and oxygen atoms in total. The number of aryl methyl sites for hydroxylation is 2. The zero-order chi connectivity index (χ0) is 20.0. The molecule has 0 radical (unpaired) electrons. The average molecular weight is 411 g/mol. The molecule has 152 valence electrons. The molecule has 0 bridgehead atoms. The summed E-state index contributed by atoms with van der Waals surface area (Å²) in [6, 6.07) is 2.06. The summed E-state index contributed by atoms with van der Waals surface area (Å²) in [5.74, 6) is 1.15. The molecule has 1 unspecified atom stereocenters. The zero-order valence-corrected chi connectivity index (χ0v) is 17.8. The lowest BCUT2D eigenvalue weighted by atomic mass is 9.99. The number of carbonyl (C=O) groups is 1. The summed E-state index contributed by atoms with van der Waals surface area (Å²) in [6.07, 6.45) is 7.60. The van der Waals surface area contributed by atoms with E-state index in [0.29, 0.717) is 0 Å². The molecule has 2 fully saturated rings. The molecule has 8 heteroatoms. The van der Waals surface area contributed by atoms with E-state index in [1.54, 1.807) is 5.51 Å². The van der Waals surface area contributed by atoms with Crippen LogP contribution in [0.1, 0.15) is 64.8 Å². The number of piperidine rings is 1. The normalized spacial score (nSPS) is 20.0. The van der Waals surface area contributed by atoms with Crippen molar-refractivity contribution in [3.05, 3.63) is 39.6 Å². The molecule has 3 aromatic rings. The Bertz CT molecular complexity index is 1050. The van der Waals surface area contributed by atoms with Gasteiger partial charge in [0.25, 0.3) is 5.91 Å². The van der Waals surface area contributed by atoms with Crippen LogP contribution in [-0.4, -0.2) is 50.0 Å². The third kappa shape index (κ3) is 3.29. The van der Waals surface area contributed by atoms with Crippen molar-refractivity contribution < 1.29 is 4.79 Å². The van der Waals surface area contributed by atoms with Gasteiger partial charge in [0, 0.05) is 37.5 Å². The van der Waals surface area contributed by atoms with E-state index in [0.717, 1.165) is 72.2 Å². The Kier molecular flexibility index (Phi) is 4.73. The van der Waals surface area contributed by atoms with E-state index in [1.807, 2.05) is 16.3 Å². The van der Waals surface area contributed by atoms with Crippen LogP contribution >= 0.6 is 11.3 Å². The fourth-order valence-electron chi connectivity index (χ4n) is 4.55. The predicted molar refractivity (Wildman–Crippen MR) is 114 cm³/mol. The number of thiazole rings is 1. The number of nitrogens with zero attached hydrogens (tertiary/aromatic N) is 6. The van der Waals surface area contributed by atoms with Crippen molar-refractivity contribution in [3.8, 4) is 0 Å². The minimum atomic E-state index is -0.00464. The minimum Gasteiger partial charge on any atom is -0.356 e. The van der Waals surface area contributed by atoms with Gasteiger partial charge < -0.3 is 9.80 Å². The number of hydrogen-bond donors (Lipinski definition) is 0. The van der Waals surface area contributed by atoms with E-state index in [9.17, 15) is 4.79 Å². The standard InChI is InChI=1S/C21H26N6OS/c1-14-12-27-18(23-20(14)25-8-5-6-9-25)11-16(24-27)17-7-3-4-10-26(17)21(28)19-15(2)22-13-29-19/h11-13,17H,3-10H2,1-2H3. The zero-order valence-electron chi connectivity index (χ0n) is 17.0. The van der Waals surface area contributed by atoms with E-state index >= 15 is 0 Å². The van der Waals surface area contributed by atoms with Gasteiger partial charge in [-0.15, -0.1) is 11.3 Å². The van der Waals surface area contributed by atoms with Crippen LogP contribution in [-0.2, 0) is 0 Å². The van der Waals surface area contributed by atoms with Gasteiger partial charge in [0.15, 0.2) is 5.65 Å². The van der Waals surface area contributed by atoms with Gasteiger partial charge >= 0.3 is 0 Å². The second-order valence-corrected chi connectivity index (χ2v) is 8.95. The summed E-state index contributed by atoms with van der Waals surface area (Å²) in [5, 5.41) is 4.83. The highest BCUT2D eigenvalue weighted by Crippen LogP contribution is 2.33. The number of likely N-dealkylation sites (tertiary alicyclic amines) is 1. The van der Waals surface area contributed by atoms with E-state index < -0.39 is 0 Å². The first kappa shape index (κ1) is 18.5. The van der Waals surface area contributed by atoms with E-state index in [1.165, 1.54) is 24.2 Å². The van der Waals surface area contributed by atoms with Crippen LogP contribution in [0.15, 0.2) is 17.8 Å². The fourth-order valence-corrected chi connectivity index (χ4v) is 5.31. The Hall–Kier alpha value is -2.48. The number of hydrogen-bond acceptors (Lipinski definition) is 6. The molecule has 1 amide bonds. The van der Waals surface area contributed by atoms with Gasteiger partial charge in [-0.2, -0.15) is 5.10 Å². The Morgan fingerprint density at radius 1 is 1.14 bits per heavy atom. The van der Waals surface area contributed by atoms with Crippen molar-refractivity contribution in [3.63, 3.8) is 0 Å². The second kappa shape index (κ2) is 7.40. The lowest BCUT2D eigenvalue weighted by molar-refractivity contribution is 0.0610. The van der Waals surface area contributed by atoms with Crippen molar-refractivity contribution in [2.45, 2.75) is 52.0 Å². The van der Waals surface area contributed by atoms with Crippen LogP contribution < -0.4 is 4.90 Å². The number of carbonyl (C=O) groups excluding carboxylic acids is 1. The maximum Gasteiger partial charge on any atom is 0.266 e. The Labute approximate surface area is 174 Å². The van der Waals surface area contributed by atoms with Crippen LogP contribution in [0.25, 0.3) is 5.65 Å². The van der Waals surface area contributed by atoms with Crippen LogP contribution in [0.2, 0.25) is 0 Å². The molecule has 5 heterocycles. The molecule has 0 saturated carbocycles. The van der Waals surface area contributed by atoms with Gasteiger partial charge in [0.1, 0.15) is 10.7 Å². The molecule has 2 saturated heterocycles. The molecule has 5 rings (SSSR count). The molecule has 1 atom stereocenters. The Morgan fingerprint density at radius 3 is 2.69 bits per heavy atom. The SMILES string of the molecule is Cc1cn2nc(C3CCCCN3C(=O)c3scnc3C)cc2nc1N1CCCC1. The van der Waals surface area contributed by atoms with Crippen LogP contribution in [0.3, 0.4) is 0 Å². The van der Waals surface area contributed by atoms with Gasteiger partial charge in [-0.05, 0) is 46.0 Å². The third-order valence-corrected chi connectivity index (χ3v) is 6.99. The van der Waals surface area contributed by atoms with E-state index in [4.69, 9.17) is 10.1 Å². The molecular formula is C21H26N6OS. The first-order valence-corrected chi connectivity index (χ1v) is 11.3. The molecule has 2 aliphatic heterocycles. The van der Waals surface area contributed by atoms with Crippen molar-refractivity contribution in [1.29, 1.82) is 0 Å². The van der Waals surface area contributed by atoms with E-state index in [2.05, 4.69) is 29.1 Å². The first-order chi connectivity index (χ1) is 14.1. The number of amides is 1. The summed E-state index contributed by atoms with van der Waals surface area (Å²) in [4.78, 5) is 27.5. The largest absolute Gasteiger partial charge is 0.356 e. The quantitative estimate of drug-likeness (QED) is 0.658. The predicted octanol–water partition coefficient (Wildman–Crippen LogP) is 3.77. The van der Waals surface area contributed by atoms with Crippen molar-refractivity contribution in [2.24, 2.45) is 0 Å². The average Bonchev–Trinajstić information content (AvgIpc) is 3.47. The lowest BCUT2D eigenvalue weighted by Gasteiger charge is -2.34. The molecule has 29 heavy (non-hydrogen) atoms. The smallest absolute Gasteiger partial charge is 0.266 e. The van der Waals surface area contributed by atoms with Crippen molar-refractivity contribution in [2.75, 3.05) is 24.5 Å². The highest BCUT2D eigenvalue weighted by molar-refractivity contribution is 7.11. The lowest BCUT2D eigenvalue weighted by Crippen LogP contribution is -2.38. The summed E-state index contributed by atoms with van der Waals surface area (Å²) in [5.41, 5.74) is 5.50. The van der Waals surface area contributed by atoms with Gasteiger partial charge in [0.05, 0.1) is 22.9 Å². The monoisotopic (exact) mass is 410 g/mol. The molecule has 0 aliphatic carbocycles. The Morgan fingerprint density at radius 2 is 1.93 bits per heavy atom. The molecule has 0 spiro atoms. The highest BCUT2D eigenvalue weighted by atomic mass is 32.1. The summed E-state index contributed by atoms with van der Waals surface area (Å²) in [6.45, 7) is 6.92. The number of aromatic nitrogens is 4. The highest BCUT2D eigenvalue weighted by Gasteiger charge is 2.32. The minimum absolute atomic E-state index is 0.00464. The molecule has 0 N–H and O–H groups in total. The topological polar surface area (TPSA) is 66.6 Å². The summed E-state index contributed by atoms with van der Waals surface area (Å²) < 4.78 is 1.87. The first-order valence-electron chi connectivity index (χ1n) is 10.4. The summed E-state index contributed by atoms with van der Waals surface area (Å²) >= 11 is 1.43. The van der Waals surface area contributed by atoms with Crippen LogP contribution in [0.4, 0.5) is 5.82 Å². The molecule has 3 aromatic heterocycles. The van der Waals surface area contributed by atoms with Gasteiger partial charge in [-0.25, -0.2) is 14.5 Å². The maximum atomic E-state index is 13.2.